The van der Waals surface area contributed by atoms with E-state index in [0.717, 1.165) is 53.8 Å². The minimum Gasteiger partial charge on any atom is -0.453 e. The molecule has 0 bridgehead atoms. The molecule has 56 heavy (non-hydrogen) atoms. The lowest BCUT2D eigenvalue weighted by molar-refractivity contribution is -0.145. The predicted octanol–water partition coefficient (Wildman–Crippen LogP) is 4.62. The first kappa shape index (κ1) is 42.0. The highest BCUT2D eigenvalue weighted by molar-refractivity contribution is 6.03. The topological polar surface area (TPSA) is 183 Å². The number of methoxy groups -OCH3 is 2. The van der Waals surface area contributed by atoms with Gasteiger partial charge in [-0.3, -0.25) is 29.3 Å². The van der Waals surface area contributed by atoms with Crippen LogP contribution in [-0.2, 0) is 19.1 Å². The Kier molecular flexibility index (Phi) is 13.7. The summed E-state index contributed by atoms with van der Waals surface area (Å²) in [7, 11) is 2.65. The highest BCUT2D eigenvalue weighted by Crippen LogP contribution is 2.33. The van der Waals surface area contributed by atoms with Gasteiger partial charge in [-0.15, -0.1) is 0 Å². The van der Waals surface area contributed by atoms with Gasteiger partial charge in [-0.1, -0.05) is 47.3 Å². The van der Waals surface area contributed by atoms with Gasteiger partial charge >= 0.3 is 6.09 Å². The van der Waals surface area contributed by atoms with Crippen molar-refractivity contribution in [2.75, 3.05) is 27.3 Å². The second-order valence-corrected chi connectivity index (χ2v) is 15.0. The van der Waals surface area contributed by atoms with E-state index < -0.39 is 24.6 Å². The second kappa shape index (κ2) is 18.2. The number of aliphatic hydroxyl groups is 1. The van der Waals surface area contributed by atoms with Gasteiger partial charge in [-0.25, -0.2) is 9.78 Å². The summed E-state index contributed by atoms with van der Waals surface area (Å²) < 4.78 is 11.3. The maximum absolute atomic E-state index is 13.6. The number of nitrogens with one attached hydrogen (secondary N) is 3. The van der Waals surface area contributed by atoms with Crippen LogP contribution in [0.5, 0.6) is 0 Å². The molecular formula is C41H56N8O7. The van der Waals surface area contributed by atoms with Crippen molar-refractivity contribution in [2.45, 2.75) is 97.8 Å². The lowest BCUT2D eigenvalue weighted by Crippen LogP contribution is -2.53. The summed E-state index contributed by atoms with van der Waals surface area (Å²) in [6, 6.07) is 9.40. The number of likely N-dealkylation sites (tertiary alicyclic amines) is 2. The van der Waals surface area contributed by atoms with Crippen LogP contribution in [-0.4, -0.2) is 105 Å². The lowest BCUT2D eigenvalue weighted by atomic mass is 9.98. The fourth-order valence-electron chi connectivity index (χ4n) is 7.69. The number of ether oxygens (including phenoxy) is 2. The number of nitrogens with zero attached hydrogens (tertiary/aromatic N) is 5. The molecule has 1 aromatic carbocycles. The number of H-pyrrole nitrogens is 1. The Morgan fingerprint density at radius 3 is 2.18 bits per heavy atom. The molecule has 3 aliphatic rings. The van der Waals surface area contributed by atoms with Crippen molar-refractivity contribution in [3.8, 4) is 16.9 Å². The average Bonchev–Trinajstić information content (AvgIpc) is 4.02. The summed E-state index contributed by atoms with van der Waals surface area (Å²) in [6.45, 7) is 8.80. The Hall–Kier alpha value is -5.12. The SMILES string of the molecule is C.COC(=O)N[C@H](C(=O)N1CCC[C@H]1C1=NC=C(c2ccn(-c3ccc(-c4cnc([C@@H]5CCCN5C(=O)[C@@H](NC(O)OC)C(C)C)[nH]4)cc3)c(=O)c2)C1)C(C)C. The summed E-state index contributed by atoms with van der Waals surface area (Å²) in [5.41, 5.74) is 4.74. The van der Waals surface area contributed by atoms with E-state index >= 15 is 0 Å². The first-order valence-corrected chi connectivity index (χ1v) is 19.0. The maximum atomic E-state index is 13.6. The number of carbonyl (C=O) groups is 3. The van der Waals surface area contributed by atoms with Crippen LogP contribution in [0, 0.1) is 11.8 Å². The third-order valence-corrected chi connectivity index (χ3v) is 10.7. The number of alkyl carbamates (subject to hydrolysis) is 1. The van der Waals surface area contributed by atoms with Gasteiger partial charge in [0.1, 0.15) is 11.9 Å². The van der Waals surface area contributed by atoms with E-state index in [9.17, 15) is 24.3 Å². The normalized spacial score (nSPS) is 19.7. The van der Waals surface area contributed by atoms with E-state index in [0.29, 0.717) is 31.0 Å². The molecule has 4 N–H and O–H groups in total. The van der Waals surface area contributed by atoms with Crippen LogP contribution in [0.15, 0.2) is 64.8 Å². The summed E-state index contributed by atoms with van der Waals surface area (Å²) >= 11 is 0. The minimum absolute atomic E-state index is 0. The third-order valence-electron chi connectivity index (χ3n) is 10.7. The molecule has 6 rings (SSSR count). The Labute approximate surface area is 328 Å². The number of aliphatic imine (C=N–C) groups is 1. The van der Waals surface area contributed by atoms with Gasteiger partial charge in [-0.05, 0) is 72.4 Å². The smallest absolute Gasteiger partial charge is 0.407 e. The molecule has 302 valence electrons. The van der Waals surface area contributed by atoms with Crippen LogP contribution < -0.4 is 16.2 Å². The Bertz CT molecular complexity index is 1980. The van der Waals surface area contributed by atoms with Gasteiger partial charge in [-0.2, -0.15) is 0 Å². The van der Waals surface area contributed by atoms with Gasteiger partial charge in [0.05, 0.1) is 37.1 Å². The quantitative estimate of drug-likeness (QED) is 0.180. The highest BCUT2D eigenvalue weighted by Gasteiger charge is 2.39. The average molecular weight is 773 g/mol. The number of imidazole rings is 1. The number of aromatic amines is 1. The second-order valence-electron chi connectivity index (χ2n) is 15.0. The lowest BCUT2D eigenvalue weighted by Gasteiger charge is -2.31. The van der Waals surface area contributed by atoms with Crippen molar-refractivity contribution in [1.29, 1.82) is 0 Å². The van der Waals surface area contributed by atoms with E-state index in [2.05, 4.69) is 20.6 Å². The van der Waals surface area contributed by atoms with E-state index in [1.807, 2.05) is 67.8 Å². The van der Waals surface area contributed by atoms with Gasteiger partial charge in [0.15, 0.2) is 0 Å². The van der Waals surface area contributed by atoms with Crippen molar-refractivity contribution in [1.82, 2.24) is 35.0 Å². The molecule has 3 aromatic rings. The Morgan fingerprint density at radius 2 is 1.55 bits per heavy atom. The van der Waals surface area contributed by atoms with Crippen LogP contribution in [0.2, 0.25) is 0 Å². The number of benzene rings is 1. The zero-order valence-electron chi connectivity index (χ0n) is 32.3. The zero-order chi connectivity index (χ0) is 39.4. The monoisotopic (exact) mass is 772 g/mol. The molecule has 3 aliphatic heterocycles. The number of pyridine rings is 1. The molecule has 0 radical (unpaired) electrons. The number of rotatable bonds is 13. The summed E-state index contributed by atoms with van der Waals surface area (Å²) in [4.78, 5) is 68.9. The fourth-order valence-corrected chi connectivity index (χ4v) is 7.69. The van der Waals surface area contributed by atoms with Crippen molar-refractivity contribution in [3.05, 3.63) is 76.7 Å². The molecular weight excluding hydrogens is 716 g/mol. The van der Waals surface area contributed by atoms with Gasteiger partial charge in [0.2, 0.25) is 18.2 Å². The molecule has 5 atom stereocenters. The molecule has 0 saturated carbocycles. The Balaban J connectivity index is 0.00000600. The number of hydrogen-bond acceptors (Lipinski definition) is 10. The molecule has 0 aliphatic carbocycles. The Morgan fingerprint density at radius 1 is 0.911 bits per heavy atom. The van der Waals surface area contributed by atoms with E-state index in [1.54, 1.807) is 29.2 Å². The number of aromatic nitrogens is 3. The van der Waals surface area contributed by atoms with Gasteiger partial charge in [0, 0.05) is 56.5 Å². The van der Waals surface area contributed by atoms with E-state index in [4.69, 9.17) is 14.5 Å². The molecule has 2 fully saturated rings. The predicted molar refractivity (Wildman–Crippen MR) is 214 cm³/mol. The number of aliphatic hydroxyl groups excluding tert-OH is 1. The van der Waals surface area contributed by atoms with Crippen molar-refractivity contribution < 1.29 is 29.0 Å². The molecule has 3 amide bonds. The summed E-state index contributed by atoms with van der Waals surface area (Å²) in [5, 5.41) is 15.5. The molecule has 15 nitrogen and oxygen atoms in total. The molecule has 15 heteroatoms. The third kappa shape index (κ3) is 8.95. The molecule has 5 heterocycles. The largest absolute Gasteiger partial charge is 0.453 e. The fraction of sp³-hybridized carbons (Fsp3) is 0.512. The molecule has 2 aromatic heterocycles. The van der Waals surface area contributed by atoms with Crippen LogP contribution in [0.1, 0.15) is 84.7 Å². The van der Waals surface area contributed by atoms with Crippen molar-refractivity contribution >= 4 is 29.2 Å². The standard InChI is InChI=1S/C40H52N8O7.CH4/c1-23(2)34(44-39(52)54-5)37(50)47-16-7-9-31(47)29-19-27(21-41-29)26-15-18-46(33(49)20-26)28-13-11-25(12-14-28)30-22-42-36(43-30)32-10-8-17-48(32)38(51)35(24(3)4)45-40(53)55-6;/h11-15,18,20-24,31-32,34-35,40,45,53H,7-10,16-17,19H2,1-6H3,(H,42,43)(H,44,52);1H4/t31-,32-,34-,35-,40?;/m0./s1. The van der Waals surface area contributed by atoms with Crippen LogP contribution in [0.3, 0.4) is 0 Å². The first-order valence-electron chi connectivity index (χ1n) is 19.0. The van der Waals surface area contributed by atoms with Gasteiger partial charge in [0.25, 0.3) is 5.56 Å². The molecule has 1 unspecified atom stereocenters. The van der Waals surface area contributed by atoms with Crippen molar-refractivity contribution in [3.63, 3.8) is 0 Å². The number of allylic oxidation sites excluding steroid dienone is 1. The number of amides is 3. The van der Waals surface area contributed by atoms with Crippen LogP contribution in [0.25, 0.3) is 22.5 Å². The summed E-state index contributed by atoms with van der Waals surface area (Å²) in [5.74, 6) is 0.251. The van der Waals surface area contributed by atoms with Gasteiger partial charge < -0.3 is 34.7 Å². The minimum atomic E-state index is -1.24. The molecule has 0 spiro atoms. The first-order chi connectivity index (χ1) is 26.4. The zero-order valence-corrected chi connectivity index (χ0v) is 32.3. The number of carbonyl (C=O) groups excluding carboxylic acids is 3. The van der Waals surface area contributed by atoms with E-state index in [1.165, 1.54) is 14.2 Å². The van der Waals surface area contributed by atoms with Crippen LogP contribution >= 0.6 is 0 Å². The summed E-state index contributed by atoms with van der Waals surface area (Å²) in [6.07, 6.45) is 7.16. The van der Waals surface area contributed by atoms with Crippen molar-refractivity contribution in [2.24, 2.45) is 16.8 Å². The van der Waals surface area contributed by atoms with E-state index in [-0.39, 0.29) is 48.7 Å². The van der Waals surface area contributed by atoms with Crippen LogP contribution in [0.4, 0.5) is 4.79 Å². The maximum Gasteiger partial charge on any atom is 0.407 e. The highest BCUT2D eigenvalue weighted by atomic mass is 16.6. The molecule has 2 saturated heterocycles. The number of hydrogen-bond donors (Lipinski definition) is 4.